The van der Waals surface area contributed by atoms with Gasteiger partial charge in [0.2, 0.25) is 9.84 Å². The third-order valence-electron chi connectivity index (χ3n) is 2.71. The average molecular weight is 286 g/mol. The second kappa shape index (κ2) is 6.70. The Morgan fingerprint density at radius 3 is 2.26 bits per heavy atom. The monoisotopic (exact) mass is 286 g/mol. The zero-order chi connectivity index (χ0) is 14.5. The third-order valence-corrected chi connectivity index (χ3v) is 3.56. The fraction of sp³-hybridized carbons (Fsp3) is 0.667. The number of rotatable bonds is 3. The SMILES string of the molecule is CC.CNc1cc(N2CCCC2)nc(S(C)(=O)=O)n1. The van der Waals surface area contributed by atoms with E-state index >= 15 is 0 Å². The molecule has 108 valence electrons. The van der Waals surface area contributed by atoms with Crippen LogP contribution in [0.3, 0.4) is 0 Å². The molecule has 19 heavy (non-hydrogen) atoms. The van der Waals surface area contributed by atoms with Crippen molar-refractivity contribution in [1.82, 2.24) is 9.97 Å². The van der Waals surface area contributed by atoms with Gasteiger partial charge in [0.25, 0.3) is 5.16 Å². The Kier molecular flexibility index (Phi) is 5.53. The van der Waals surface area contributed by atoms with Gasteiger partial charge in [-0.05, 0) is 12.8 Å². The van der Waals surface area contributed by atoms with E-state index in [9.17, 15) is 8.42 Å². The molecule has 7 heteroatoms. The first kappa shape index (κ1) is 15.7. The Morgan fingerprint density at radius 1 is 1.21 bits per heavy atom. The molecule has 1 aromatic rings. The zero-order valence-corrected chi connectivity index (χ0v) is 12.8. The molecule has 0 aliphatic carbocycles. The topological polar surface area (TPSA) is 75.2 Å². The molecular weight excluding hydrogens is 264 g/mol. The van der Waals surface area contributed by atoms with E-state index in [1.54, 1.807) is 13.1 Å². The van der Waals surface area contributed by atoms with Crippen molar-refractivity contribution in [2.75, 3.05) is 36.6 Å². The van der Waals surface area contributed by atoms with E-state index < -0.39 is 9.84 Å². The molecule has 0 radical (unpaired) electrons. The van der Waals surface area contributed by atoms with Crippen molar-refractivity contribution in [2.45, 2.75) is 31.8 Å². The Morgan fingerprint density at radius 2 is 1.79 bits per heavy atom. The smallest absolute Gasteiger partial charge is 0.250 e. The van der Waals surface area contributed by atoms with Gasteiger partial charge in [-0.25, -0.2) is 18.4 Å². The molecule has 0 bridgehead atoms. The molecule has 1 saturated heterocycles. The van der Waals surface area contributed by atoms with Crippen LogP contribution in [0.1, 0.15) is 26.7 Å². The van der Waals surface area contributed by atoms with Crippen LogP contribution in [0.15, 0.2) is 11.2 Å². The van der Waals surface area contributed by atoms with Gasteiger partial charge in [0, 0.05) is 32.5 Å². The maximum absolute atomic E-state index is 11.5. The van der Waals surface area contributed by atoms with E-state index in [0.717, 1.165) is 32.2 Å². The van der Waals surface area contributed by atoms with Crippen molar-refractivity contribution >= 4 is 21.5 Å². The fourth-order valence-electron chi connectivity index (χ4n) is 1.81. The largest absolute Gasteiger partial charge is 0.373 e. The Hall–Kier alpha value is -1.37. The van der Waals surface area contributed by atoms with E-state index in [0.29, 0.717) is 11.6 Å². The number of nitrogens with one attached hydrogen (secondary N) is 1. The molecule has 0 saturated carbocycles. The number of anilines is 2. The van der Waals surface area contributed by atoms with Crippen LogP contribution >= 0.6 is 0 Å². The first-order chi connectivity index (χ1) is 9.00. The van der Waals surface area contributed by atoms with Crippen molar-refractivity contribution < 1.29 is 8.42 Å². The molecule has 1 aliphatic rings. The van der Waals surface area contributed by atoms with Crippen molar-refractivity contribution in [1.29, 1.82) is 0 Å². The second-order valence-electron chi connectivity index (χ2n) is 4.11. The highest BCUT2D eigenvalue weighted by Gasteiger charge is 2.19. The summed E-state index contributed by atoms with van der Waals surface area (Å²) in [4.78, 5) is 10.2. The number of aromatic nitrogens is 2. The lowest BCUT2D eigenvalue weighted by molar-refractivity contribution is 0.593. The molecule has 0 amide bonds. The molecule has 1 N–H and O–H groups in total. The molecule has 1 aromatic heterocycles. The van der Waals surface area contributed by atoms with Gasteiger partial charge in [0.1, 0.15) is 11.6 Å². The number of hydrogen-bond donors (Lipinski definition) is 1. The van der Waals surface area contributed by atoms with Gasteiger partial charge in [0.05, 0.1) is 0 Å². The van der Waals surface area contributed by atoms with Crippen LogP contribution < -0.4 is 10.2 Å². The van der Waals surface area contributed by atoms with Crippen LogP contribution in [-0.4, -0.2) is 44.8 Å². The number of nitrogens with zero attached hydrogens (tertiary/aromatic N) is 3. The lowest BCUT2D eigenvalue weighted by Crippen LogP contribution is -2.21. The van der Waals surface area contributed by atoms with Gasteiger partial charge in [-0.15, -0.1) is 0 Å². The van der Waals surface area contributed by atoms with E-state index in [-0.39, 0.29) is 5.16 Å². The van der Waals surface area contributed by atoms with Crippen molar-refractivity contribution in [3.63, 3.8) is 0 Å². The molecule has 1 fully saturated rings. The normalized spacial score (nSPS) is 14.8. The summed E-state index contributed by atoms with van der Waals surface area (Å²) in [5.41, 5.74) is 0. The molecule has 0 unspecified atom stereocenters. The molecule has 1 aliphatic heterocycles. The number of hydrogen-bond acceptors (Lipinski definition) is 6. The van der Waals surface area contributed by atoms with Crippen LogP contribution in [0.25, 0.3) is 0 Å². The third kappa shape index (κ3) is 4.05. The summed E-state index contributed by atoms with van der Waals surface area (Å²) in [6.45, 7) is 5.84. The summed E-state index contributed by atoms with van der Waals surface area (Å²) in [7, 11) is -1.67. The first-order valence-corrected chi connectivity index (χ1v) is 8.41. The standard InChI is InChI=1S/C10H16N4O2S.C2H6/c1-11-8-7-9(14-5-3-4-6-14)13-10(12-8)17(2,15)16;1-2/h7H,3-6H2,1-2H3,(H,11,12,13);1-2H3. The van der Waals surface area contributed by atoms with Crippen LogP contribution in [0.2, 0.25) is 0 Å². The molecule has 6 nitrogen and oxygen atoms in total. The van der Waals surface area contributed by atoms with Crippen LogP contribution in [-0.2, 0) is 9.84 Å². The highest BCUT2D eigenvalue weighted by molar-refractivity contribution is 7.90. The van der Waals surface area contributed by atoms with Crippen molar-refractivity contribution in [3.05, 3.63) is 6.07 Å². The molecule has 0 aromatic carbocycles. The molecule has 2 heterocycles. The quantitative estimate of drug-likeness (QED) is 0.850. The second-order valence-corrected chi connectivity index (χ2v) is 6.02. The molecule has 2 rings (SSSR count). The van der Waals surface area contributed by atoms with Gasteiger partial charge < -0.3 is 10.2 Å². The predicted molar refractivity (Wildman–Crippen MR) is 77.5 cm³/mol. The summed E-state index contributed by atoms with van der Waals surface area (Å²) in [6, 6.07) is 1.78. The first-order valence-electron chi connectivity index (χ1n) is 6.52. The molecule has 0 atom stereocenters. The lowest BCUT2D eigenvalue weighted by Gasteiger charge is -2.17. The Bertz CT molecular complexity index is 510. The van der Waals surface area contributed by atoms with Gasteiger partial charge in [-0.2, -0.15) is 0 Å². The summed E-state index contributed by atoms with van der Waals surface area (Å²) < 4.78 is 23.0. The average Bonchev–Trinajstić information content (AvgIpc) is 2.93. The van der Waals surface area contributed by atoms with Gasteiger partial charge in [-0.1, -0.05) is 13.8 Å². The summed E-state index contributed by atoms with van der Waals surface area (Å²) in [5, 5.41) is 2.74. The van der Waals surface area contributed by atoms with Crippen LogP contribution in [0.4, 0.5) is 11.6 Å². The minimum absolute atomic E-state index is 0.119. The predicted octanol–water partition coefficient (Wildman–Crippen LogP) is 1.55. The van der Waals surface area contributed by atoms with Gasteiger partial charge >= 0.3 is 0 Å². The van der Waals surface area contributed by atoms with E-state index in [2.05, 4.69) is 20.2 Å². The summed E-state index contributed by atoms with van der Waals surface area (Å²) in [5.74, 6) is 1.21. The lowest BCUT2D eigenvalue weighted by atomic mass is 10.4. The highest BCUT2D eigenvalue weighted by Crippen LogP contribution is 2.21. The minimum atomic E-state index is -3.38. The highest BCUT2D eigenvalue weighted by atomic mass is 32.2. The van der Waals surface area contributed by atoms with E-state index in [1.807, 2.05) is 13.8 Å². The zero-order valence-electron chi connectivity index (χ0n) is 12.0. The van der Waals surface area contributed by atoms with Crippen LogP contribution in [0, 0.1) is 0 Å². The maximum atomic E-state index is 11.5. The Labute approximate surface area is 115 Å². The van der Waals surface area contributed by atoms with Crippen molar-refractivity contribution in [2.24, 2.45) is 0 Å². The van der Waals surface area contributed by atoms with Crippen molar-refractivity contribution in [3.8, 4) is 0 Å². The molecular formula is C12H22N4O2S. The minimum Gasteiger partial charge on any atom is -0.373 e. The van der Waals surface area contributed by atoms with Gasteiger partial charge in [0.15, 0.2) is 0 Å². The maximum Gasteiger partial charge on any atom is 0.250 e. The fourth-order valence-corrected chi connectivity index (χ4v) is 2.34. The van der Waals surface area contributed by atoms with E-state index in [1.165, 1.54) is 0 Å². The van der Waals surface area contributed by atoms with Gasteiger partial charge in [-0.3, -0.25) is 0 Å². The Balaban J connectivity index is 0.000000861. The van der Waals surface area contributed by atoms with E-state index in [4.69, 9.17) is 0 Å². The number of sulfone groups is 1. The summed E-state index contributed by atoms with van der Waals surface area (Å²) in [6.07, 6.45) is 3.36. The summed E-state index contributed by atoms with van der Waals surface area (Å²) >= 11 is 0. The van der Waals surface area contributed by atoms with Crippen LogP contribution in [0.5, 0.6) is 0 Å². The molecule has 0 spiro atoms.